The van der Waals surface area contributed by atoms with Crippen LogP contribution in [0.5, 0.6) is 0 Å². The van der Waals surface area contributed by atoms with Gasteiger partial charge in [0, 0.05) is 12.1 Å². The fourth-order valence-electron chi connectivity index (χ4n) is 2.63. The summed E-state index contributed by atoms with van der Waals surface area (Å²) in [5.41, 5.74) is 6.14. The summed E-state index contributed by atoms with van der Waals surface area (Å²) in [6, 6.07) is 0. The molecule has 1 aliphatic carbocycles. The zero-order valence-corrected chi connectivity index (χ0v) is 10.8. The van der Waals surface area contributed by atoms with Crippen molar-refractivity contribution in [3.05, 3.63) is 0 Å². The highest BCUT2D eigenvalue weighted by molar-refractivity contribution is 4.97. The summed E-state index contributed by atoms with van der Waals surface area (Å²) in [7, 11) is 0. The van der Waals surface area contributed by atoms with Gasteiger partial charge >= 0.3 is 0 Å². The average Bonchev–Trinajstić information content (AvgIpc) is 2.08. The lowest BCUT2D eigenvalue weighted by Crippen LogP contribution is -2.57. The molecule has 2 nitrogen and oxygen atoms in total. The van der Waals surface area contributed by atoms with E-state index in [1.165, 1.54) is 19.3 Å². The molecule has 0 heterocycles. The second-order valence-corrected chi connectivity index (χ2v) is 5.87. The third-order valence-electron chi connectivity index (χ3n) is 4.13. The summed E-state index contributed by atoms with van der Waals surface area (Å²) in [4.78, 5) is 0. The molecule has 0 saturated heterocycles. The smallest absolute Gasteiger partial charge is 0.0304 e. The Kier molecular flexibility index (Phi) is 4.60. The third-order valence-corrected chi connectivity index (χ3v) is 4.13. The molecule has 0 aromatic carbocycles. The molecular weight excluding hydrogens is 184 g/mol. The van der Waals surface area contributed by atoms with Crippen molar-refractivity contribution in [3.8, 4) is 0 Å². The number of nitrogens with two attached hydrogens (primary N) is 1. The van der Waals surface area contributed by atoms with Gasteiger partial charge < -0.3 is 11.1 Å². The Bertz CT molecular complexity index is 169. The maximum Gasteiger partial charge on any atom is 0.0304 e. The fraction of sp³-hybridized carbons (Fsp3) is 1.00. The van der Waals surface area contributed by atoms with Gasteiger partial charge in [0.05, 0.1) is 0 Å². The van der Waals surface area contributed by atoms with Crippen LogP contribution in [0.25, 0.3) is 0 Å². The van der Waals surface area contributed by atoms with E-state index in [1.54, 1.807) is 0 Å². The van der Waals surface area contributed by atoms with Gasteiger partial charge in [0.25, 0.3) is 0 Å². The normalized spacial score (nSPS) is 20.0. The molecule has 1 rings (SSSR count). The molecule has 0 spiro atoms. The molecule has 0 aromatic rings. The highest BCUT2D eigenvalue weighted by Gasteiger charge is 2.35. The van der Waals surface area contributed by atoms with Crippen LogP contribution >= 0.6 is 0 Å². The van der Waals surface area contributed by atoms with Gasteiger partial charge in [-0.15, -0.1) is 0 Å². The van der Waals surface area contributed by atoms with Crippen LogP contribution in [0.2, 0.25) is 0 Å². The molecule has 0 aliphatic heterocycles. The van der Waals surface area contributed by atoms with Gasteiger partial charge in [-0.3, -0.25) is 0 Å². The Morgan fingerprint density at radius 2 is 1.67 bits per heavy atom. The summed E-state index contributed by atoms with van der Waals surface area (Å²) in [5.74, 6) is 2.29. The summed E-state index contributed by atoms with van der Waals surface area (Å²) < 4.78 is 0. The quantitative estimate of drug-likeness (QED) is 0.709. The van der Waals surface area contributed by atoms with Gasteiger partial charge in [-0.25, -0.2) is 0 Å². The van der Waals surface area contributed by atoms with E-state index < -0.39 is 0 Å². The third kappa shape index (κ3) is 3.18. The second kappa shape index (κ2) is 5.31. The monoisotopic (exact) mass is 212 g/mol. The van der Waals surface area contributed by atoms with Crippen molar-refractivity contribution in [2.75, 3.05) is 13.1 Å². The van der Waals surface area contributed by atoms with E-state index >= 15 is 0 Å². The first-order valence-corrected chi connectivity index (χ1v) is 6.46. The van der Waals surface area contributed by atoms with E-state index in [9.17, 15) is 0 Å². The van der Waals surface area contributed by atoms with E-state index in [1.807, 2.05) is 0 Å². The molecule has 1 fully saturated rings. The Labute approximate surface area is 95.0 Å². The largest absolute Gasteiger partial charge is 0.329 e. The average molecular weight is 212 g/mol. The first kappa shape index (κ1) is 13.0. The number of rotatable bonds is 6. The first-order valence-electron chi connectivity index (χ1n) is 6.46. The molecule has 0 unspecified atom stereocenters. The van der Waals surface area contributed by atoms with Gasteiger partial charge in [0.15, 0.2) is 0 Å². The maximum absolute atomic E-state index is 5.84. The molecule has 0 aromatic heterocycles. The summed E-state index contributed by atoms with van der Waals surface area (Å²) in [6.45, 7) is 11.2. The minimum atomic E-state index is 0.294. The molecule has 0 amide bonds. The van der Waals surface area contributed by atoms with E-state index in [0.717, 1.165) is 30.8 Å². The van der Waals surface area contributed by atoms with Crippen LogP contribution < -0.4 is 11.1 Å². The van der Waals surface area contributed by atoms with E-state index in [0.29, 0.717) is 5.54 Å². The molecular formula is C13H28N2. The molecule has 1 aliphatic rings. The minimum Gasteiger partial charge on any atom is -0.329 e. The van der Waals surface area contributed by atoms with Gasteiger partial charge in [-0.1, -0.05) is 27.7 Å². The van der Waals surface area contributed by atoms with Crippen molar-refractivity contribution < 1.29 is 0 Å². The summed E-state index contributed by atoms with van der Waals surface area (Å²) in [5, 5.41) is 3.72. The highest BCUT2D eigenvalue weighted by Crippen LogP contribution is 2.31. The molecule has 2 heteroatoms. The number of nitrogens with one attached hydrogen (secondary N) is 1. The van der Waals surface area contributed by atoms with Crippen LogP contribution in [0.1, 0.15) is 47.0 Å². The number of hydrogen-bond donors (Lipinski definition) is 2. The van der Waals surface area contributed by atoms with Crippen LogP contribution in [-0.2, 0) is 0 Å². The van der Waals surface area contributed by atoms with Crippen LogP contribution in [0.3, 0.4) is 0 Å². The van der Waals surface area contributed by atoms with Crippen LogP contribution in [0, 0.1) is 17.8 Å². The predicted molar refractivity (Wildman–Crippen MR) is 66.8 cm³/mol. The van der Waals surface area contributed by atoms with Gasteiger partial charge in [-0.2, -0.15) is 0 Å². The molecule has 0 bridgehead atoms. The Morgan fingerprint density at radius 1 is 1.13 bits per heavy atom. The highest BCUT2D eigenvalue weighted by atomic mass is 15.0. The summed E-state index contributed by atoms with van der Waals surface area (Å²) >= 11 is 0. The second-order valence-electron chi connectivity index (χ2n) is 5.87. The van der Waals surface area contributed by atoms with E-state index in [-0.39, 0.29) is 0 Å². The zero-order valence-electron chi connectivity index (χ0n) is 10.8. The lowest BCUT2D eigenvalue weighted by molar-refractivity contribution is 0.161. The van der Waals surface area contributed by atoms with Gasteiger partial charge in [0.2, 0.25) is 0 Å². The maximum atomic E-state index is 5.84. The Hall–Kier alpha value is -0.0800. The molecule has 90 valence electrons. The zero-order chi connectivity index (χ0) is 11.5. The SMILES string of the molecule is CC(C)C(CNC1(CN)CCC1)C(C)C. The van der Waals surface area contributed by atoms with E-state index in [2.05, 4.69) is 33.0 Å². The lowest BCUT2D eigenvalue weighted by Gasteiger charge is -2.43. The first-order chi connectivity index (χ1) is 7.01. The summed E-state index contributed by atoms with van der Waals surface area (Å²) in [6.07, 6.45) is 3.89. The van der Waals surface area contributed by atoms with Crippen LogP contribution in [0.4, 0.5) is 0 Å². The predicted octanol–water partition coefficient (Wildman–Crippen LogP) is 2.39. The van der Waals surface area contributed by atoms with Crippen LogP contribution in [-0.4, -0.2) is 18.6 Å². The van der Waals surface area contributed by atoms with Crippen LogP contribution in [0.15, 0.2) is 0 Å². The topological polar surface area (TPSA) is 38.0 Å². The molecule has 3 N–H and O–H groups in total. The molecule has 0 radical (unpaired) electrons. The van der Waals surface area contributed by atoms with Crippen molar-refractivity contribution in [1.82, 2.24) is 5.32 Å². The fourth-order valence-corrected chi connectivity index (χ4v) is 2.63. The number of hydrogen-bond acceptors (Lipinski definition) is 2. The lowest BCUT2D eigenvalue weighted by atomic mass is 9.75. The minimum absolute atomic E-state index is 0.294. The van der Waals surface area contributed by atoms with Crippen molar-refractivity contribution in [1.29, 1.82) is 0 Å². The Balaban J connectivity index is 2.39. The standard InChI is InChI=1S/C13H28N2/c1-10(2)12(11(3)4)8-15-13(9-14)6-5-7-13/h10-12,15H,5-9,14H2,1-4H3. The van der Waals surface area contributed by atoms with Crippen molar-refractivity contribution in [2.45, 2.75) is 52.5 Å². The Morgan fingerprint density at radius 3 is 1.93 bits per heavy atom. The van der Waals surface area contributed by atoms with Crippen molar-refractivity contribution in [2.24, 2.45) is 23.5 Å². The van der Waals surface area contributed by atoms with Crippen molar-refractivity contribution in [3.63, 3.8) is 0 Å². The van der Waals surface area contributed by atoms with Gasteiger partial charge in [-0.05, 0) is 43.6 Å². The molecule has 15 heavy (non-hydrogen) atoms. The van der Waals surface area contributed by atoms with E-state index in [4.69, 9.17) is 5.73 Å². The molecule has 1 saturated carbocycles. The van der Waals surface area contributed by atoms with Gasteiger partial charge in [0.1, 0.15) is 0 Å². The van der Waals surface area contributed by atoms with Crippen molar-refractivity contribution >= 4 is 0 Å². The molecule has 0 atom stereocenters.